The van der Waals surface area contributed by atoms with Gasteiger partial charge in [-0.05, 0) is 13.0 Å². The number of aliphatic hydroxyl groups excluding tert-OH is 1. The molecule has 19 heavy (non-hydrogen) atoms. The van der Waals surface area contributed by atoms with E-state index in [4.69, 9.17) is 0 Å². The molecule has 0 aliphatic rings. The summed E-state index contributed by atoms with van der Waals surface area (Å²) in [5.74, 6) is -0.339. The predicted molar refractivity (Wildman–Crippen MR) is 71.0 cm³/mol. The number of aliphatic hydroxyl groups is 1. The monoisotopic (exact) mass is 261 g/mol. The summed E-state index contributed by atoms with van der Waals surface area (Å²) < 4.78 is 0. The Morgan fingerprint density at radius 1 is 1.42 bits per heavy atom. The molecular formula is C13H15N3O3. The van der Waals surface area contributed by atoms with Crippen LogP contribution in [0.2, 0.25) is 0 Å². The summed E-state index contributed by atoms with van der Waals surface area (Å²) in [6, 6.07) is 6.79. The molecule has 1 aromatic carbocycles. The molecular weight excluding hydrogens is 246 g/mol. The molecule has 0 saturated carbocycles. The lowest BCUT2D eigenvalue weighted by Crippen LogP contribution is -2.34. The van der Waals surface area contributed by atoms with E-state index in [0.29, 0.717) is 10.8 Å². The quantitative estimate of drug-likeness (QED) is 0.836. The highest BCUT2D eigenvalue weighted by atomic mass is 16.3. The van der Waals surface area contributed by atoms with Crippen LogP contribution >= 0.6 is 0 Å². The fourth-order valence-electron chi connectivity index (χ4n) is 1.94. The molecule has 100 valence electrons. The van der Waals surface area contributed by atoms with E-state index in [1.54, 1.807) is 38.2 Å². The van der Waals surface area contributed by atoms with Crippen LogP contribution in [0.4, 0.5) is 0 Å². The van der Waals surface area contributed by atoms with Gasteiger partial charge in [-0.3, -0.25) is 9.59 Å². The molecule has 1 atom stereocenters. The molecule has 2 aromatic rings. The Labute approximate surface area is 109 Å². The van der Waals surface area contributed by atoms with E-state index in [9.17, 15) is 14.7 Å². The molecule has 2 N–H and O–H groups in total. The minimum atomic E-state index is -0.622. The smallest absolute Gasteiger partial charge is 0.274 e. The molecule has 2 rings (SSSR count). The summed E-state index contributed by atoms with van der Waals surface area (Å²) in [4.78, 5) is 25.2. The average Bonchev–Trinajstić information content (AvgIpc) is 2.38. The van der Waals surface area contributed by atoms with Crippen LogP contribution in [0, 0.1) is 0 Å². The molecule has 1 heterocycles. The summed E-state index contributed by atoms with van der Waals surface area (Å²) in [5, 5.41) is 16.4. The molecule has 0 bridgehead atoms. The van der Waals surface area contributed by atoms with Crippen LogP contribution in [0.1, 0.15) is 17.4 Å². The van der Waals surface area contributed by atoms with Crippen molar-refractivity contribution >= 4 is 16.7 Å². The Bertz CT molecular complexity index is 663. The van der Waals surface area contributed by atoms with Crippen LogP contribution in [0.5, 0.6) is 0 Å². The first-order chi connectivity index (χ1) is 9.00. The highest BCUT2D eigenvalue weighted by molar-refractivity contribution is 6.04. The molecule has 6 heteroatoms. The number of hydrogen-bond donors (Lipinski definition) is 2. The summed E-state index contributed by atoms with van der Waals surface area (Å²) in [6.45, 7) is 1.80. The number of benzene rings is 1. The van der Waals surface area contributed by atoms with Gasteiger partial charge in [0, 0.05) is 19.0 Å². The van der Waals surface area contributed by atoms with Gasteiger partial charge in [-0.2, -0.15) is 5.10 Å². The van der Waals surface area contributed by atoms with Crippen molar-refractivity contribution in [3.8, 4) is 0 Å². The van der Waals surface area contributed by atoms with Gasteiger partial charge in [0.2, 0.25) is 0 Å². The number of aromatic amines is 1. The Balaban J connectivity index is 2.49. The van der Waals surface area contributed by atoms with Gasteiger partial charge in [0.25, 0.3) is 11.5 Å². The Morgan fingerprint density at radius 2 is 2.05 bits per heavy atom. The number of fused-ring (bicyclic) bond motifs is 1. The number of rotatable bonds is 3. The lowest BCUT2D eigenvalue weighted by molar-refractivity contribution is 0.0699. The molecule has 1 amide bonds. The third kappa shape index (κ3) is 2.63. The fraction of sp³-hybridized carbons (Fsp3) is 0.308. The van der Waals surface area contributed by atoms with Gasteiger partial charge in [-0.25, -0.2) is 5.10 Å². The summed E-state index contributed by atoms with van der Waals surface area (Å²) >= 11 is 0. The van der Waals surface area contributed by atoms with Crippen molar-refractivity contribution in [3.63, 3.8) is 0 Å². The van der Waals surface area contributed by atoms with Gasteiger partial charge < -0.3 is 10.0 Å². The Kier molecular flexibility index (Phi) is 3.62. The Morgan fingerprint density at radius 3 is 2.68 bits per heavy atom. The first kappa shape index (κ1) is 13.2. The van der Waals surface area contributed by atoms with E-state index < -0.39 is 6.10 Å². The number of nitrogens with one attached hydrogen (secondary N) is 1. The molecule has 1 unspecified atom stereocenters. The fourth-order valence-corrected chi connectivity index (χ4v) is 1.94. The maximum Gasteiger partial charge on any atom is 0.274 e. The van der Waals surface area contributed by atoms with Crippen LogP contribution in [0.3, 0.4) is 0 Å². The van der Waals surface area contributed by atoms with E-state index in [-0.39, 0.29) is 23.7 Å². The van der Waals surface area contributed by atoms with Crippen molar-refractivity contribution in [2.75, 3.05) is 13.6 Å². The number of H-pyrrole nitrogens is 1. The van der Waals surface area contributed by atoms with E-state index in [1.165, 1.54) is 4.90 Å². The maximum atomic E-state index is 12.2. The second kappa shape index (κ2) is 5.19. The average molecular weight is 261 g/mol. The van der Waals surface area contributed by atoms with Crippen molar-refractivity contribution in [2.24, 2.45) is 0 Å². The minimum absolute atomic E-state index is 0.179. The number of aromatic nitrogens is 2. The lowest BCUT2D eigenvalue weighted by atomic mass is 10.1. The number of hydrogen-bond acceptors (Lipinski definition) is 4. The van der Waals surface area contributed by atoms with Crippen LogP contribution in [0.15, 0.2) is 29.1 Å². The lowest BCUT2D eigenvalue weighted by Gasteiger charge is -2.18. The zero-order valence-electron chi connectivity index (χ0n) is 10.8. The zero-order valence-corrected chi connectivity index (χ0v) is 10.8. The number of nitrogens with zero attached hydrogens (tertiary/aromatic N) is 2. The van der Waals surface area contributed by atoms with E-state index >= 15 is 0 Å². The van der Waals surface area contributed by atoms with Crippen LogP contribution in [-0.2, 0) is 0 Å². The highest BCUT2D eigenvalue weighted by Crippen LogP contribution is 2.13. The van der Waals surface area contributed by atoms with Crippen molar-refractivity contribution in [2.45, 2.75) is 13.0 Å². The van der Waals surface area contributed by atoms with Gasteiger partial charge in [0.05, 0.1) is 11.5 Å². The maximum absolute atomic E-state index is 12.2. The first-order valence-corrected chi connectivity index (χ1v) is 5.91. The number of amides is 1. The van der Waals surface area contributed by atoms with Gasteiger partial charge >= 0.3 is 0 Å². The van der Waals surface area contributed by atoms with Crippen molar-refractivity contribution in [1.82, 2.24) is 15.1 Å². The molecule has 0 spiro atoms. The third-order valence-corrected chi connectivity index (χ3v) is 2.78. The van der Waals surface area contributed by atoms with Crippen LogP contribution in [-0.4, -0.2) is 45.8 Å². The van der Waals surface area contributed by atoms with Crippen molar-refractivity contribution < 1.29 is 9.90 Å². The molecule has 1 aromatic heterocycles. The largest absolute Gasteiger partial charge is 0.392 e. The zero-order chi connectivity index (χ0) is 14.0. The predicted octanol–water partition coefficient (Wildman–Crippen LogP) is 0.376. The SMILES string of the molecule is CC(O)CN(C)C(=O)c1n[nH]c(=O)c2ccccc12. The Hall–Kier alpha value is -2.21. The molecule has 6 nitrogen and oxygen atoms in total. The standard InChI is InChI=1S/C13H15N3O3/c1-8(17)7-16(2)13(19)11-9-5-3-4-6-10(9)12(18)15-14-11/h3-6,8,17H,7H2,1-2H3,(H,15,18). The second-order valence-corrected chi connectivity index (χ2v) is 4.48. The van der Waals surface area contributed by atoms with Crippen LogP contribution in [0.25, 0.3) is 10.8 Å². The summed E-state index contributed by atoms with van der Waals surface area (Å²) in [5.41, 5.74) is -0.149. The van der Waals surface area contributed by atoms with Gasteiger partial charge in [0.1, 0.15) is 0 Å². The highest BCUT2D eigenvalue weighted by Gasteiger charge is 2.18. The number of carbonyl (C=O) groups excluding carboxylic acids is 1. The molecule has 0 fully saturated rings. The molecule has 0 radical (unpaired) electrons. The molecule has 0 aliphatic carbocycles. The molecule has 0 saturated heterocycles. The minimum Gasteiger partial charge on any atom is -0.392 e. The molecule has 0 aliphatic heterocycles. The number of likely N-dealkylation sites (N-methyl/N-ethyl adjacent to an activating group) is 1. The third-order valence-electron chi connectivity index (χ3n) is 2.78. The van der Waals surface area contributed by atoms with Gasteiger partial charge in [-0.1, -0.05) is 18.2 Å². The van der Waals surface area contributed by atoms with E-state index in [0.717, 1.165) is 0 Å². The number of carbonyl (C=O) groups is 1. The van der Waals surface area contributed by atoms with Crippen LogP contribution < -0.4 is 5.56 Å². The van der Waals surface area contributed by atoms with Crippen molar-refractivity contribution in [1.29, 1.82) is 0 Å². The van der Waals surface area contributed by atoms with E-state index in [1.807, 2.05) is 0 Å². The van der Waals surface area contributed by atoms with Gasteiger partial charge in [-0.15, -0.1) is 0 Å². The van der Waals surface area contributed by atoms with Crippen molar-refractivity contribution in [3.05, 3.63) is 40.3 Å². The summed E-state index contributed by atoms with van der Waals surface area (Å²) in [7, 11) is 1.58. The van der Waals surface area contributed by atoms with E-state index in [2.05, 4.69) is 10.2 Å². The van der Waals surface area contributed by atoms with Gasteiger partial charge in [0.15, 0.2) is 5.69 Å². The summed E-state index contributed by atoms with van der Waals surface area (Å²) in [6.07, 6.45) is -0.622. The first-order valence-electron chi connectivity index (χ1n) is 5.91. The topological polar surface area (TPSA) is 86.3 Å². The second-order valence-electron chi connectivity index (χ2n) is 4.48. The normalized spacial score (nSPS) is 12.4.